The number of cyclic esters (lactones) is 1. The van der Waals surface area contributed by atoms with Crippen LogP contribution in [-0.2, 0) is 24.9 Å². The quantitative estimate of drug-likeness (QED) is 0.425. The smallest absolute Gasteiger partial charge is 0.310 e. The summed E-state index contributed by atoms with van der Waals surface area (Å²) in [6.07, 6.45) is 0.952. The molecule has 4 N–H and O–H groups in total. The van der Waals surface area contributed by atoms with E-state index in [1.165, 1.54) is 10.5 Å². The van der Waals surface area contributed by atoms with E-state index >= 15 is 0 Å². The number of amides is 2. The maximum Gasteiger partial charge on any atom is 0.310 e. The molecule has 0 aromatic heterocycles. The first-order chi connectivity index (χ1) is 13.9. The number of esters is 1. The first-order valence-electron chi connectivity index (χ1n) is 9.43. The summed E-state index contributed by atoms with van der Waals surface area (Å²) in [6.45, 7) is 0.134. The van der Waals surface area contributed by atoms with Crippen molar-refractivity contribution in [3.8, 4) is 0 Å². The van der Waals surface area contributed by atoms with Gasteiger partial charge in [-0.3, -0.25) is 14.4 Å². The van der Waals surface area contributed by atoms with Crippen LogP contribution in [-0.4, -0.2) is 65.0 Å². The van der Waals surface area contributed by atoms with Crippen LogP contribution in [0.25, 0.3) is 0 Å². The average molecular weight is 420 g/mol. The lowest BCUT2D eigenvalue weighted by Crippen LogP contribution is -2.50. The zero-order valence-corrected chi connectivity index (χ0v) is 16.8. The molecule has 3 atom stereocenters. The van der Waals surface area contributed by atoms with Gasteiger partial charge < -0.3 is 25.8 Å². The van der Waals surface area contributed by atoms with Gasteiger partial charge in [-0.25, -0.2) is 0 Å². The second kappa shape index (κ2) is 9.91. The number of hydrogen-bond donors (Lipinski definition) is 3. The number of nitrogens with two attached hydrogens (primary N) is 1. The van der Waals surface area contributed by atoms with E-state index in [1.54, 1.807) is 11.8 Å². The van der Waals surface area contributed by atoms with Crippen molar-refractivity contribution < 1.29 is 24.2 Å². The SMILES string of the molecule is NC1CC=C(CSCc2ccccc2)CN(CC(=O)NC2CC(=O)OC2O)C1=O. The van der Waals surface area contributed by atoms with Crippen LogP contribution in [0.15, 0.2) is 42.0 Å². The molecule has 8 nitrogen and oxygen atoms in total. The van der Waals surface area contributed by atoms with Crippen LogP contribution in [0.2, 0.25) is 0 Å². The minimum absolute atomic E-state index is 0.0956. The summed E-state index contributed by atoms with van der Waals surface area (Å²) in [5.41, 5.74) is 8.22. The Kier molecular flexibility index (Phi) is 7.29. The molecule has 156 valence electrons. The molecule has 0 spiro atoms. The minimum Gasteiger partial charge on any atom is -0.434 e. The molecule has 2 aliphatic rings. The van der Waals surface area contributed by atoms with Crippen molar-refractivity contribution in [1.29, 1.82) is 0 Å². The number of nitrogens with zero attached hydrogens (tertiary/aromatic N) is 1. The van der Waals surface area contributed by atoms with Gasteiger partial charge in [0.05, 0.1) is 19.0 Å². The van der Waals surface area contributed by atoms with Gasteiger partial charge >= 0.3 is 5.97 Å². The van der Waals surface area contributed by atoms with Crippen LogP contribution >= 0.6 is 11.8 Å². The lowest BCUT2D eigenvalue weighted by Gasteiger charge is -2.24. The van der Waals surface area contributed by atoms with E-state index in [2.05, 4.69) is 22.2 Å². The van der Waals surface area contributed by atoms with Crippen LogP contribution in [0, 0.1) is 0 Å². The number of hydrogen-bond acceptors (Lipinski definition) is 7. The highest BCUT2D eigenvalue weighted by molar-refractivity contribution is 7.98. The number of aliphatic hydroxyl groups is 1. The monoisotopic (exact) mass is 419 g/mol. The zero-order chi connectivity index (χ0) is 20.8. The van der Waals surface area contributed by atoms with Gasteiger partial charge in [0.25, 0.3) is 0 Å². The van der Waals surface area contributed by atoms with E-state index in [0.29, 0.717) is 13.0 Å². The Morgan fingerprint density at radius 3 is 2.72 bits per heavy atom. The molecule has 9 heteroatoms. The van der Waals surface area contributed by atoms with Gasteiger partial charge in [0.15, 0.2) is 0 Å². The summed E-state index contributed by atoms with van der Waals surface area (Å²) >= 11 is 1.74. The molecule has 1 fully saturated rings. The topological polar surface area (TPSA) is 122 Å². The molecule has 29 heavy (non-hydrogen) atoms. The number of carbonyl (C=O) groups excluding carboxylic acids is 3. The molecular weight excluding hydrogens is 394 g/mol. The van der Waals surface area contributed by atoms with Crippen LogP contribution in [0.1, 0.15) is 18.4 Å². The number of aliphatic hydroxyl groups excluding tert-OH is 1. The molecule has 0 aliphatic carbocycles. The number of nitrogens with one attached hydrogen (secondary N) is 1. The molecule has 0 saturated carbocycles. The van der Waals surface area contributed by atoms with Gasteiger partial charge in [0.2, 0.25) is 18.1 Å². The second-order valence-corrected chi connectivity index (χ2v) is 8.12. The minimum atomic E-state index is -1.36. The fourth-order valence-electron chi connectivity index (χ4n) is 3.22. The summed E-state index contributed by atoms with van der Waals surface area (Å²) in [5.74, 6) is 0.254. The third-order valence-corrected chi connectivity index (χ3v) is 5.86. The summed E-state index contributed by atoms with van der Waals surface area (Å²) in [5, 5.41) is 12.2. The predicted octanol–water partition coefficient (Wildman–Crippen LogP) is 0.156. The van der Waals surface area contributed by atoms with Crippen LogP contribution in [0.5, 0.6) is 0 Å². The Labute approximate surface area is 173 Å². The first-order valence-corrected chi connectivity index (χ1v) is 10.6. The number of ether oxygens (including phenoxy) is 1. The van der Waals surface area contributed by atoms with Crippen LogP contribution in [0.3, 0.4) is 0 Å². The highest BCUT2D eigenvalue weighted by Gasteiger charge is 2.35. The van der Waals surface area contributed by atoms with E-state index in [0.717, 1.165) is 17.1 Å². The van der Waals surface area contributed by atoms with Crippen molar-refractivity contribution in [2.75, 3.05) is 18.8 Å². The van der Waals surface area contributed by atoms with Gasteiger partial charge in [-0.1, -0.05) is 36.4 Å². The van der Waals surface area contributed by atoms with Gasteiger partial charge in [-0.05, 0) is 17.6 Å². The van der Waals surface area contributed by atoms with E-state index in [-0.39, 0.29) is 18.9 Å². The Morgan fingerprint density at radius 1 is 1.28 bits per heavy atom. The van der Waals surface area contributed by atoms with Gasteiger partial charge in [-0.15, -0.1) is 0 Å². The molecule has 0 radical (unpaired) electrons. The maximum absolute atomic E-state index is 12.5. The predicted molar refractivity (Wildman–Crippen MR) is 109 cm³/mol. The van der Waals surface area contributed by atoms with E-state index < -0.39 is 30.3 Å². The highest BCUT2D eigenvalue weighted by Crippen LogP contribution is 2.19. The highest BCUT2D eigenvalue weighted by atomic mass is 32.2. The van der Waals surface area contributed by atoms with Crippen molar-refractivity contribution in [1.82, 2.24) is 10.2 Å². The van der Waals surface area contributed by atoms with Gasteiger partial charge in [-0.2, -0.15) is 11.8 Å². The average Bonchev–Trinajstić information content (AvgIpc) is 2.94. The number of rotatable bonds is 7. The third kappa shape index (κ3) is 6.06. The molecule has 1 aromatic carbocycles. The summed E-state index contributed by atoms with van der Waals surface area (Å²) < 4.78 is 4.61. The normalized spacial score (nSPS) is 24.7. The van der Waals surface area contributed by atoms with Crippen molar-refractivity contribution in [3.63, 3.8) is 0 Å². The third-order valence-electron chi connectivity index (χ3n) is 4.75. The molecule has 0 bridgehead atoms. The maximum atomic E-state index is 12.5. The van der Waals surface area contributed by atoms with Crippen molar-refractivity contribution in [2.45, 2.75) is 37.0 Å². The second-order valence-electron chi connectivity index (χ2n) is 7.14. The molecule has 2 amide bonds. The summed E-state index contributed by atoms with van der Waals surface area (Å²) in [6, 6.07) is 8.61. The molecule has 2 heterocycles. The number of thioether (sulfide) groups is 1. The molecule has 3 rings (SSSR count). The summed E-state index contributed by atoms with van der Waals surface area (Å²) in [4.78, 5) is 37.5. The van der Waals surface area contributed by atoms with E-state index in [9.17, 15) is 19.5 Å². The summed E-state index contributed by atoms with van der Waals surface area (Å²) in [7, 11) is 0. The Balaban J connectivity index is 1.54. The van der Waals surface area contributed by atoms with Crippen molar-refractivity contribution in [3.05, 3.63) is 47.5 Å². The molecule has 3 unspecified atom stereocenters. The van der Waals surface area contributed by atoms with E-state index in [4.69, 9.17) is 5.73 Å². The van der Waals surface area contributed by atoms with Gasteiger partial charge in [0, 0.05) is 18.1 Å². The lowest BCUT2D eigenvalue weighted by atomic mass is 10.2. The number of benzene rings is 1. The Hall–Kier alpha value is -2.36. The standard InChI is InChI=1S/C20H25N3O5S/c21-15-7-6-14(12-29-11-13-4-2-1-3-5-13)9-23(19(15)26)10-17(24)22-16-8-18(25)28-20(16)27/h1-6,15-16,20,27H,7-12,21H2,(H,22,24). The first kappa shape index (κ1) is 21.4. The zero-order valence-electron chi connectivity index (χ0n) is 16.0. The van der Waals surface area contributed by atoms with Crippen LogP contribution in [0.4, 0.5) is 0 Å². The Morgan fingerprint density at radius 2 is 2.03 bits per heavy atom. The fourth-order valence-corrected chi connectivity index (χ4v) is 4.22. The Bertz CT molecular complexity index is 786. The van der Waals surface area contributed by atoms with Gasteiger partial charge in [0.1, 0.15) is 6.04 Å². The van der Waals surface area contributed by atoms with Crippen molar-refractivity contribution in [2.24, 2.45) is 5.73 Å². The molecule has 1 aromatic rings. The molecule has 2 aliphatic heterocycles. The van der Waals surface area contributed by atoms with Crippen molar-refractivity contribution >= 4 is 29.5 Å². The van der Waals surface area contributed by atoms with Crippen LogP contribution < -0.4 is 11.1 Å². The molecular formula is C20H25N3O5S. The number of carbonyl (C=O) groups is 3. The fraction of sp³-hybridized carbons (Fsp3) is 0.450. The molecule has 1 saturated heterocycles. The largest absolute Gasteiger partial charge is 0.434 e. The van der Waals surface area contributed by atoms with E-state index in [1.807, 2.05) is 24.3 Å². The lowest BCUT2D eigenvalue weighted by molar-refractivity contribution is -0.155.